The lowest BCUT2D eigenvalue weighted by atomic mass is 10.1. The van der Waals surface area contributed by atoms with Crippen molar-refractivity contribution in [2.45, 2.75) is 32.6 Å². The lowest BCUT2D eigenvalue weighted by Crippen LogP contribution is -2.47. The highest BCUT2D eigenvalue weighted by molar-refractivity contribution is 5.87. The van der Waals surface area contributed by atoms with E-state index in [-0.39, 0.29) is 6.04 Å². The van der Waals surface area contributed by atoms with Crippen molar-refractivity contribution in [3.05, 3.63) is 0 Å². The summed E-state index contributed by atoms with van der Waals surface area (Å²) in [4.78, 5) is 5.93. The van der Waals surface area contributed by atoms with Gasteiger partial charge >= 0.3 is 0 Å². The first-order chi connectivity index (χ1) is 4.92. The number of nitrogens with zero attached hydrogens (tertiary/aromatic N) is 2. The highest BCUT2D eigenvalue weighted by Crippen LogP contribution is 2.20. The summed E-state index contributed by atoms with van der Waals surface area (Å²) in [5, 5.41) is 0. The molecule has 0 amide bonds. The SMILES string of the molecule is CC1=NC(C)(F)CN(C)C1C. The number of alkyl halides is 1. The highest BCUT2D eigenvalue weighted by atomic mass is 19.1. The Morgan fingerprint density at radius 2 is 2.27 bits per heavy atom. The molecule has 2 atom stereocenters. The van der Waals surface area contributed by atoms with Gasteiger partial charge in [0.2, 0.25) is 5.79 Å². The molecule has 0 fully saturated rings. The lowest BCUT2D eigenvalue weighted by molar-refractivity contribution is 0.111. The maximum Gasteiger partial charge on any atom is 0.209 e. The molecule has 0 aromatic rings. The molecule has 1 heterocycles. The zero-order valence-electron chi connectivity index (χ0n) is 7.56. The van der Waals surface area contributed by atoms with E-state index in [2.05, 4.69) is 4.99 Å². The number of rotatable bonds is 0. The number of likely N-dealkylation sites (N-methyl/N-ethyl adjacent to an activating group) is 1. The minimum atomic E-state index is -1.38. The Kier molecular flexibility index (Phi) is 2.01. The van der Waals surface area contributed by atoms with Crippen LogP contribution in [0.25, 0.3) is 0 Å². The molecule has 0 spiro atoms. The average molecular weight is 158 g/mol. The van der Waals surface area contributed by atoms with Crippen LogP contribution in [0.5, 0.6) is 0 Å². The summed E-state index contributed by atoms with van der Waals surface area (Å²) in [7, 11) is 1.92. The molecule has 2 unspecified atom stereocenters. The minimum Gasteiger partial charge on any atom is -0.293 e. The van der Waals surface area contributed by atoms with E-state index < -0.39 is 5.79 Å². The van der Waals surface area contributed by atoms with Crippen molar-refractivity contribution in [2.24, 2.45) is 4.99 Å². The third-order valence-corrected chi connectivity index (χ3v) is 2.21. The maximum atomic E-state index is 13.3. The molecular formula is C8H15FN2. The van der Waals surface area contributed by atoms with Crippen LogP contribution in [-0.2, 0) is 0 Å². The Balaban J connectivity index is 2.85. The van der Waals surface area contributed by atoms with Crippen LogP contribution in [0.3, 0.4) is 0 Å². The summed E-state index contributed by atoms with van der Waals surface area (Å²) >= 11 is 0. The molecular weight excluding hydrogens is 143 g/mol. The molecule has 0 bridgehead atoms. The molecule has 11 heavy (non-hydrogen) atoms. The summed E-state index contributed by atoms with van der Waals surface area (Å²) in [6, 6.07) is 0.277. The lowest BCUT2D eigenvalue weighted by Gasteiger charge is -2.34. The van der Waals surface area contributed by atoms with E-state index in [4.69, 9.17) is 0 Å². The molecule has 0 N–H and O–H groups in total. The van der Waals surface area contributed by atoms with E-state index in [0.717, 1.165) is 5.71 Å². The number of hydrogen-bond acceptors (Lipinski definition) is 2. The fourth-order valence-electron chi connectivity index (χ4n) is 1.41. The maximum absolute atomic E-state index is 13.3. The van der Waals surface area contributed by atoms with Gasteiger partial charge in [0.25, 0.3) is 0 Å². The van der Waals surface area contributed by atoms with Gasteiger partial charge in [-0.3, -0.25) is 9.89 Å². The van der Waals surface area contributed by atoms with Crippen LogP contribution in [0.4, 0.5) is 4.39 Å². The Bertz CT molecular complexity index is 187. The molecule has 0 saturated heterocycles. The topological polar surface area (TPSA) is 15.6 Å². The van der Waals surface area contributed by atoms with E-state index in [0.29, 0.717) is 6.54 Å². The van der Waals surface area contributed by atoms with Crippen molar-refractivity contribution in [1.82, 2.24) is 4.90 Å². The smallest absolute Gasteiger partial charge is 0.209 e. The van der Waals surface area contributed by atoms with Gasteiger partial charge in [-0.1, -0.05) is 0 Å². The monoisotopic (exact) mass is 158 g/mol. The van der Waals surface area contributed by atoms with Crippen molar-refractivity contribution in [3.63, 3.8) is 0 Å². The molecule has 1 aliphatic heterocycles. The zero-order chi connectivity index (χ0) is 8.65. The molecule has 0 saturated carbocycles. The average Bonchev–Trinajstić information content (AvgIpc) is 1.81. The quantitative estimate of drug-likeness (QED) is 0.487. The second-order valence-corrected chi connectivity index (χ2v) is 3.49. The fraction of sp³-hybridized carbons (Fsp3) is 0.875. The second-order valence-electron chi connectivity index (χ2n) is 3.49. The van der Waals surface area contributed by atoms with Gasteiger partial charge in [-0.15, -0.1) is 0 Å². The van der Waals surface area contributed by atoms with Crippen LogP contribution in [0.1, 0.15) is 20.8 Å². The Hall–Kier alpha value is -0.440. The standard InChI is InChI=1S/C8H15FN2/c1-6-7(2)11(4)5-8(3,9)10-6/h7H,5H2,1-4H3. The Labute approximate surface area is 67.1 Å². The Morgan fingerprint density at radius 1 is 1.73 bits per heavy atom. The van der Waals surface area contributed by atoms with Crippen molar-refractivity contribution in [2.75, 3.05) is 13.6 Å². The Morgan fingerprint density at radius 3 is 2.73 bits per heavy atom. The van der Waals surface area contributed by atoms with E-state index in [1.807, 2.05) is 25.8 Å². The number of aliphatic imine (C=N–C) groups is 1. The van der Waals surface area contributed by atoms with Gasteiger partial charge in [0.05, 0.1) is 6.54 Å². The first kappa shape index (κ1) is 8.65. The van der Waals surface area contributed by atoms with Crippen molar-refractivity contribution >= 4 is 5.71 Å². The van der Waals surface area contributed by atoms with E-state index in [1.54, 1.807) is 0 Å². The minimum absolute atomic E-state index is 0.277. The molecule has 64 valence electrons. The van der Waals surface area contributed by atoms with Crippen LogP contribution in [0.15, 0.2) is 4.99 Å². The fourth-order valence-corrected chi connectivity index (χ4v) is 1.41. The van der Waals surface area contributed by atoms with E-state index in [9.17, 15) is 4.39 Å². The van der Waals surface area contributed by atoms with Crippen LogP contribution in [0.2, 0.25) is 0 Å². The molecule has 0 radical (unpaired) electrons. The number of halogens is 1. The number of hydrogen-bond donors (Lipinski definition) is 0. The van der Waals surface area contributed by atoms with Gasteiger partial charge in [0.15, 0.2) is 0 Å². The molecule has 0 aliphatic carbocycles. The van der Waals surface area contributed by atoms with Crippen molar-refractivity contribution in [3.8, 4) is 0 Å². The van der Waals surface area contributed by atoms with Crippen molar-refractivity contribution < 1.29 is 4.39 Å². The third-order valence-electron chi connectivity index (χ3n) is 2.21. The van der Waals surface area contributed by atoms with Crippen molar-refractivity contribution in [1.29, 1.82) is 0 Å². The third kappa shape index (κ3) is 1.77. The predicted octanol–water partition coefficient (Wildman–Crippen LogP) is 1.47. The van der Waals surface area contributed by atoms with Crippen LogP contribution >= 0.6 is 0 Å². The van der Waals surface area contributed by atoms with Gasteiger partial charge in [-0.05, 0) is 27.8 Å². The largest absolute Gasteiger partial charge is 0.293 e. The van der Waals surface area contributed by atoms with E-state index in [1.165, 1.54) is 6.92 Å². The summed E-state index contributed by atoms with van der Waals surface area (Å²) in [5.41, 5.74) is 0.878. The van der Waals surface area contributed by atoms with Gasteiger partial charge in [-0.2, -0.15) is 0 Å². The van der Waals surface area contributed by atoms with Crippen LogP contribution < -0.4 is 0 Å². The summed E-state index contributed by atoms with van der Waals surface area (Å²) in [6.45, 7) is 5.82. The molecule has 1 aliphatic rings. The second kappa shape index (κ2) is 2.55. The molecule has 1 rings (SSSR count). The summed E-state index contributed by atoms with van der Waals surface area (Å²) < 4.78 is 13.3. The molecule has 3 heteroatoms. The normalized spacial score (nSPS) is 40.5. The highest BCUT2D eigenvalue weighted by Gasteiger charge is 2.31. The molecule has 0 aromatic carbocycles. The van der Waals surface area contributed by atoms with Gasteiger partial charge in [0, 0.05) is 11.8 Å². The van der Waals surface area contributed by atoms with Gasteiger partial charge < -0.3 is 0 Å². The van der Waals surface area contributed by atoms with Crippen LogP contribution in [0, 0.1) is 0 Å². The zero-order valence-corrected chi connectivity index (χ0v) is 7.56. The summed E-state index contributed by atoms with van der Waals surface area (Å²) in [5.74, 6) is -1.38. The first-order valence-corrected chi connectivity index (χ1v) is 3.88. The predicted molar refractivity (Wildman–Crippen MR) is 44.7 cm³/mol. The van der Waals surface area contributed by atoms with Gasteiger partial charge in [0.1, 0.15) is 0 Å². The van der Waals surface area contributed by atoms with Crippen LogP contribution in [-0.4, -0.2) is 36.0 Å². The first-order valence-electron chi connectivity index (χ1n) is 3.88. The molecule has 2 nitrogen and oxygen atoms in total. The van der Waals surface area contributed by atoms with E-state index >= 15 is 0 Å². The molecule has 0 aromatic heterocycles. The summed E-state index contributed by atoms with van der Waals surface area (Å²) in [6.07, 6.45) is 0. The van der Waals surface area contributed by atoms with Gasteiger partial charge in [-0.25, -0.2) is 4.39 Å².